The normalized spacial score (nSPS) is 11.7. The highest BCUT2D eigenvalue weighted by Gasteiger charge is 2.19. The van der Waals surface area contributed by atoms with Crippen molar-refractivity contribution in [2.45, 2.75) is 0 Å². The molecule has 0 radical (unpaired) electrons. The van der Waals surface area contributed by atoms with Gasteiger partial charge in [-0.15, -0.1) is 11.3 Å². The zero-order chi connectivity index (χ0) is 35.6. The number of fused-ring (bicyclic) bond motifs is 9. The van der Waals surface area contributed by atoms with Crippen molar-refractivity contribution in [2.75, 3.05) is 0 Å². The number of hydrogen-bond donors (Lipinski definition) is 0. The van der Waals surface area contributed by atoms with Gasteiger partial charge < -0.3 is 4.42 Å². The Morgan fingerprint density at radius 1 is 0.370 bits per heavy atom. The summed E-state index contributed by atoms with van der Waals surface area (Å²) in [6.07, 6.45) is 0. The highest BCUT2D eigenvalue weighted by Crippen LogP contribution is 2.44. The van der Waals surface area contributed by atoms with Crippen LogP contribution in [0.4, 0.5) is 0 Å². The van der Waals surface area contributed by atoms with E-state index in [9.17, 15) is 0 Å². The Morgan fingerprint density at radius 3 is 1.74 bits per heavy atom. The van der Waals surface area contributed by atoms with E-state index >= 15 is 0 Å². The molecule has 0 atom stereocenters. The van der Waals surface area contributed by atoms with Crippen molar-refractivity contribution in [3.8, 4) is 56.7 Å². The van der Waals surface area contributed by atoms with Crippen molar-refractivity contribution in [1.82, 2.24) is 19.9 Å². The highest BCUT2D eigenvalue weighted by atomic mass is 32.1. The Balaban J connectivity index is 1.11. The van der Waals surface area contributed by atoms with Crippen LogP contribution in [0.5, 0.6) is 0 Å². The van der Waals surface area contributed by atoms with E-state index in [4.69, 9.17) is 24.4 Å². The molecule has 6 heteroatoms. The summed E-state index contributed by atoms with van der Waals surface area (Å²) in [6, 6.07) is 58.6. The van der Waals surface area contributed by atoms with Crippen LogP contribution in [-0.4, -0.2) is 19.9 Å². The quantitative estimate of drug-likeness (QED) is 0.167. The van der Waals surface area contributed by atoms with Gasteiger partial charge in [-0.25, -0.2) is 19.9 Å². The molecule has 0 aliphatic rings. The van der Waals surface area contributed by atoms with Gasteiger partial charge in [0.15, 0.2) is 23.1 Å². The molecule has 8 aromatic carbocycles. The second-order valence-corrected chi connectivity index (χ2v) is 14.5. The Bertz CT molecular complexity index is 3210. The van der Waals surface area contributed by atoms with Gasteiger partial charge in [-0.3, -0.25) is 0 Å². The van der Waals surface area contributed by atoms with Gasteiger partial charge in [0.25, 0.3) is 0 Å². The number of rotatable bonds is 5. The van der Waals surface area contributed by atoms with E-state index in [0.29, 0.717) is 23.4 Å². The van der Waals surface area contributed by atoms with Gasteiger partial charge in [-0.2, -0.15) is 0 Å². The molecule has 5 nitrogen and oxygen atoms in total. The maximum Gasteiger partial charge on any atom is 0.227 e. The first kappa shape index (κ1) is 30.6. The first-order valence-corrected chi connectivity index (χ1v) is 18.7. The number of aromatic nitrogens is 4. The minimum atomic E-state index is 0.631. The molecular weight excluding hydrogens is 681 g/mol. The van der Waals surface area contributed by atoms with Crippen molar-refractivity contribution >= 4 is 64.2 Å². The van der Waals surface area contributed by atoms with Crippen molar-refractivity contribution in [3.05, 3.63) is 170 Å². The largest absolute Gasteiger partial charge is 0.436 e. The number of oxazole rings is 1. The predicted molar refractivity (Wildman–Crippen MR) is 222 cm³/mol. The van der Waals surface area contributed by atoms with E-state index < -0.39 is 0 Å². The topological polar surface area (TPSA) is 64.7 Å². The molecular formula is C48H28N4OS. The zero-order valence-corrected chi connectivity index (χ0v) is 29.6. The summed E-state index contributed by atoms with van der Waals surface area (Å²) in [5.74, 6) is 2.53. The van der Waals surface area contributed by atoms with Gasteiger partial charge >= 0.3 is 0 Å². The van der Waals surface area contributed by atoms with E-state index in [0.717, 1.165) is 60.6 Å². The Labute approximate surface area is 313 Å². The summed E-state index contributed by atoms with van der Waals surface area (Å²) < 4.78 is 8.72. The minimum absolute atomic E-state index is 0.631. The van der Waals surface area contributed by atoms with Crippen LogP contribution in [0.2, 0.25) is 0 Å². The fourth-order valence-corrected chi connectivity index (χ4v) is 8.75. The van der Waals surface area contributed by atoms with Crippen LogP contribution in [0.3, 0.4) is 0 Å². The first-order valence-electron chi connectivity index (χ1n) is 17.9. The summed E-state index contributed by atoms with van der Waals surface area (Å²) in [6.45, 7) is 0. The van der Waals surface area contributed by atoms with Gasteiger partial charge in [0.2, 0.25) is 5.89 Å². The first-order chi connectivity index (χ1) is 26.7. The second kappa shape index (κ2) is 12.3. The number of benzene rings is 8. The molecule has 0 amide bonds. The maximum absolute atomic E-state index is 6.31. The second-order valence-electron chi connectivity index (χ2n) is 13.4. The lowest BCUT2D eigenvalue weighted by Gasteiger charge is -2.12. The molecule has 0 unspecified atom stereocenters. The summed E-state index contributed by atoms with van der Waals surface area (Å²) in [5, 5.41) is 6.89. The van der Waals surface area contributed by atoms with Crippen LogP contribution < -0.4 is 0 Å². The monoisotopic (exact) mass is 708 g/mol. The highest BCUT2D eigenvalue weighted by molar-refractivity contribution is 7.26. The van der Waals surface area contributed by atoms with Crippen LogP contribution in [0, 0.1) is 0 Å². The van der Waals surface area contributed by atoms with E-state index in [1.54, 1.807) is 11.3 Å². The van der Waals surface area contributed by atoms with E-state index in [2.05, 4.69) is 97.1 Å². The average Bonchev–Trinajstić information content (AvgIpc) is 3.86. The Kier molecular flexibility index (Phi) is 6.97. The fraction of sp³-hybridized carbons (Fsp3) is 0. The Hall–Kier alpha value is -7.02. The molecule has 0 aliphatic carbocycles. The molecule has 54 heavy (non-hydrogen) atoms. The molecule has 0 aliphatic heterocycles. The van der Waals surface area contributed by atoms with E-state index in [-0.39, 0.29) is 0 Å². The zero-order valence-electron chi connectivity index (χ0n) is 28.8. The minimum Gasteiger partial charge on any atom is -0.436 e. The van der Waals surface area contributed by atoms with Gasteiger partial charge in [0.1, 0.15) is 5.52 Å². The third-order valence-corrected chi connectivity index (χ3v) is 11.3. The average molecular weight is 709 g/mol. The van der Waals surface area contributed by atoms with Crippen LogP contribution in [0.1, 0.15) is 0 Å². The summed E-state index contributed by atoms with van der Waals surface area (Å²) in [4.78, 5) is 20.4. The lowest BCUT2D eigenvalue weighted by Crippen LogP contribution is -2.00. The Morgan fingerprint density at radius 2 is 0.944 bits per heavy atom. The number of hydrogen-bond acceptors (Lipinski definition) is 6. The predicted octanol–water partition coefficient (Wildman–Crippen LogP) is 13.0. The van der Waals surface area contributed by atoms with Gasteiger partial charge in [0.05, 0.1) is 0 Å². The fourth-order valence-electron chi connectivity index (χ4n) is 7.63. The molecule has 0 saturated carbocycles. The van der Waals surface area contributed by atoms with E-state index in [1.165, 1.54) is 25.6 Å². The summed E-state index contributed by atoms with van der Waals surface area (Å²) in [7, 11) is 0. The lowest BCUT2D eigenvalue weighted by atomic mass is 9.95. The summed E-state index contributed by atoms with van der Waals surface area (Å²) in [5.41, 5.74) is 7.72. The van der Waals surface area contributed by atoms with Gasteiger partial charge in [0, 0.05) is 42.4 Å². The van der Waals surface area contributed by atoms with Crippen molar-refractivity contribution in [3.63, 3.8) is 0 Å². The van der Waals surface area contributed by atoms with Crippen molar-refractivity contribution in [1.29, 1.82) is 0 Å². The molecule has 0 saturated heterocycles. The molecule has 0 spiro atoms. The van der Waals surface area contributed by atoms with Crippen LogP contribution in [0.25, 0.3) is 110 Å². The standard InChI is InChI=1S/C48H28N4OS/c1-4-12-29(13-5-1)32-18-10-19-33(28-32)46-50-45(30-14-6-2-7-15-30)51-47(52-46)38-21-11-20-34-35-24-26-40-42(37(35)23-22-36(34)38)43-41(54-40)27-25-39-44(43)49-48(53-39)31-16-8-3-9-17-31/h1-28H. The molecule has 11 rings (SSSR count). The van der Waals surface area contributed by atoms with E-state index in [1.807, 2.05) is 72.8 Å². The molecule has 3 aromatic heterocycles. The van der Waals surface area contributed by atoms with Crippen LogP contribution in [-0.2, 0) is 0 Å². The van der Waals surface area contributed by atoms with Gasteiger partial charge in [-0.05, 0) is 69.1 Å². The molecule has 3 heterocycles. The summed E-state index contributed by atoms with van der Waals surface area (Å²) >= 11 is 1.79. The van der Waals surface area contributed by atoms with Crippen molar-refractivity contribution < 1.29 is 4.42 Å². The third kappa shape index (κ3) is 4.99. The van der Waals surface area contributed by atoms with Gasteiger partial charge in [-0.1, -0.05) is 133 Å². The molecule has 252 valence electrons. The van der Waals surface area contributed by atoms with Crippen LogP contribution in [0.15, 0.2) is 174 Å². The van der Waals surface area contributed by atoms with Crippen LogP contribution >= 0.6 is 11.3 Å². The molecule has 0 bridgehead atoms. The number of nitrogens with zero attached hydrogens (tertiary/aromatic N) is 4. The smallest absolute Gasteiger partial charge is 0.227 e. The number of thiophene rings is 1. The molecule has 11 aromatic rings. The lowest BCUT2D eigenvalue weighted by molar-refractivity contribution is 0.620. The SMILES string of the molecule is c1ccc(-c2cccc(-c3nc(-c4ccccc4)nc(-c4cccc5c4ccc4c5ccc5sc6ccc7oc(-c8ccccc8)nc7c6c54)n3)c2)cc1. The third-order valence-electron chi connectivity index (χ3n) is 10.2. The van der Waals surface area contributed by atoms with Crippen molar-refractivity contribution in [2.24, 2.45) is 0 Å². The molecule has 0 N–H and O–H groups in total. The molecule has 0 fully saturated rings. The maximum atomic E-state index is 6.31.